The van der Waals surface area contributed by atoms with Gasteiger partial charge in [-0.3, -0.25) is 14.9 Å². The number of fused-ring (bicyclic) bond motifs is 1. The van der Waals surface area contributed by atoms with Crippen LogP contribution in [0, 0.1) is 10.1 Å². The number of nitrogens with zero attached hydrogens (tertiary/aromatic N) is 3. The van der Waals surface area contributed by atoms with Gasteiger partial charge in [-0.2, -0.15) is 0 Å². The van der Waals surface area contributed by atoms with Crippen LogP contribution < -0.4 is 4.74 Å². The maximum atomic E-state index is 12.6. The lowest BCUT2D eigenvalue weighted by atomic mass is 10.1. The number of amides is 1. The number of aromatic nitrogens is 1. The highest BCUT2D eigenvalue weighted by Gasteiger charge is 2.26. The van der Waals surface area contributed by atoms with Gasteiger partial charge < -0.3 is 9.64 Å². The van der Waals surface area contributed by atoms with Crippen LogP contribution >= 0.6 is 22.9 Å². The van der Waals surface area contributed by atoms with E-state index in [4.69, 9.17) is 16.3 Å². The molecule has 9 heteroatoms. The first-order valence-electron chi connectivity index (χ1n) is 8.77. The summed E-state index contributed by atoms with van der Waals surface area (Å²) in [6, 6.07) is 11.4. The van der Waals surface area contributed by atoms with E-state index in [1.807, 2.05) is 12.1 Å². The van der Waals surface area contributed by atoms with Gasteiger partial charge in [0.15, 0.2) is 0 Å². The molecule has 0 saturated carbocycles. The van der Waals surface area contributed by atoms with Gasteiger partial charge >= 0.3 is 0 Å². The van der Waals surface area contributed by atoms with Crippen LogP contribution in [-0.2, 0) is 0 Å². The topological polar surface area (TPSA) is 85.6 Å². The molecule has 0 radical (unpaired) electrons. The number of halogens is 1. The molecule has 2 aromatic carbocycles. The van der Waals surface area contributed by atoms with Gasteiger partial charge in [0.25, 0.3) is 16.8 Å². The smallest absolute Gasteiger partial charge is 0.274 e. The minimum Gasteiger partial charge on any atom is -0.467 e. The first kappa shape index (κ1) is 18.6. The van der Waals surface area contributed by atoms with Crippen molar-refractivity contribution < 1.29 is 14.5 Å². The quantitative estimate of drug-likeness (QED) is 0.459. The summed E-state index contributed by atoms with van der Waals surface area (Å²) in [4.78, 5) is 29.2. The molecule has 0 bridgehead atoms. The van der Waals surface area contributed by atoms with E-state index in [-0.39, 0.29) is 17.7 Å². The Labute approximate surface area is 169 Å². The van der Waals surface area contributed by atoms with Crippen molar-refractivity contribution >= 4 is 44.7 Å². The normalized spacial score (nSPS) is 15.0. The molecule has 0 atom stereocenters. The van der Waals surface area contributed by atoms with Gasteiger partial charge in [-0.25, -0.2) is 4.98 Å². The maximum absolute atomic E-state index is 12.6. The van der Waals surface area contributed by atoms with Crippen LogP contribution in [0.3, 0.4) is 0 Å². The van der Waals surface area contributed by atoms with E-state index in [1.165, 1.54) is 29.5 Å². The number of thiazole rings is 1. The van der Waals surface area contributed by atoms with Gasteiger partial charge in [0.1, 0.15) is 11.6 Å². The average molecular weight is 418 g/mol. The second kappa shape index (κ2) is 7.73. The van der Waals surface area contributed by atoms with Crippen molar-refractivity contribution in [3.05, 3.63) is 63.2 Å². The number of hydrogen-bond donors (Lipinski definition) is 0. The predicted octanol–water partition coefficient (Wildman–Crippen LogP) is 4.54. The van der Waals surface area contributed by atoms with Gasteiger partial charge in [-0.05, 0) is 18.2 Å². The van der Waals surface area contributed by atoms with E-state index in [0.29, 0.717) is 41.7 Å². The number of likely N-dealkylation sites (tertiary alicyclic amines) is 1. The minimum atomic E-state index is -0.499. The number of ether oxygens (including phenoxy) is 1. The molecule has 1 amide bonds. The molecule has 3 aromatic rings. The molecule has 0 aliphatic carbocycles. The average Bonchev–Trinajstić information content (AvgIpc) is 3.12. The van der Waals surface area contributed by atoms with Gasteiger partial charge in [0.2, 0.25) is 0 Å². The number of benzene rings is 2. The molecule has 4 rings (SSSR count). The zero-order valence-corrected chi connectivity index (χ0v) is 16.3. The van der Waals surface area contributed by atoms with Crippen LogP contribution in [0.5, 0.6) is 5.19 Å². The Hall–Kier alpha value is -2.71. The molecule has 0 spiro atoms. The van der Waals surface area contributed by atoms with Crippen molar-refractivity contribution in [2.24, 2.45) is 0 Å². The number of carbonyl (C=O) groups excluding carboxylic acids is 1. The molecule has 28 heavy (non-hydrogen) atoms. The van der Waals surface area contributed by atoms with Crippen molar-refractivity contribution in [3.8, 4) is 5.19 Å². The third-order valence-electron chi connectivity index (χ3n) is 4.65. The van der Waals surface area contributed by atoms with Crippen molar-refractivity contribution in [1.29, 1.82) is 0 Å². The Morgan fingerprint density at radius 3 is 2.71 bits per heavy atom. The fourth-order valence-electron chi connectivity index (χ4n) is 3.20. The molecule has 1 aliphatic rings. The highest BCUT2D eigenvalue weighted by molar-refractivity contribution is 7.20. The standard InChI is InChI=1S/C19H16ClN3O4S/c20-15-5-2-6-16-17(15)21-19(28-16)27-14-7-9-22(10-8-14)18(24)12-3-1-4-13(11-12)23(25)26/h1-6,11,14H,7-10H2. The van der Waals surface area contributed by atoms with E-state index in [0.717, 1.165) is 10.2 Å². The molecule has 144 valence electrons. The van der Waals surface area contributed by atoms with E-state index in [9.17, 15) is 14.9 Å². The number of rotatable bonds is 4. The summed E-state index contributed by atoms with van der Waals surface area (Å²) in [7, 11) is 0. The fourth-order valence-corrected chi connectivity index (χ4v) is 4.38. The molecular formula is C19H16ClN3O4S. The SMILES string of the molecule is O=C(c1cccc([N+](=O)[O-])c1)N1CCC(Oc2nc3c(Cl)cccc3s2)CC1. The summed E-state index contributed by atoms with van der Waals surface area (Å²) in [5.41, 5.74) is 0.982. The number of carbonyl (C=O) groups is 1. The van der Waals surface area contributed by atoms with Gasteiger partial charge in [0, 0.05) is 43.6 Å². The zero-order chi connectivity index (χ0) is 19.7. The summed E-state index contributed by atoms with van der Waals surface area (Å²) >= 11 is 7.61. The van der Waals surface area contributed by atoms with Crippen LogP contribution in [0.25, 0.3) is 10.2 Å². The molecular weight excluding hydrogens is 402 g/mol. The van der Waals surface area contributed by atoms with E-state index < -0.39 is 4.92 Å². The lowest BCUT2D eigenvalue weighted by Crippen LogP contribution is -2.41. The molecule has 2 heterocycles. The van der Waals surface area contributed by atoms with Crippen LogP contribution in [0.2, 0.25) is 5.02 Å². The molecule has 7 nitrogen and oxygen atoms in total. The molecule has 1 aromatic heterocycles. The summed E-state index contributed by atoms with van der Waals surface area (Å²) < 4.78 is 6.97. The monoisotopic (exact) mass is 417 g/mol. The second-order valence-corrected chi connectivity index (χ2v) is 7.88. The van der Waals surface area contributed by atoms with Crippen LogP contribution in [0.4, 0.5) is 5.69 Å². The summed E-state index contributed by atoms with van der Waals surface area (Å²) in [5.74, 6) is -0.200. The number of nitro benzene ring substituents is 1. The van der Waals surface area contributed by atoms with Crippen molar-refractivity contribution in [3.63, 3.8) is 0 Å². The Morgan fingerprint density at radius 1 is 1.25 bits per heavy atom. The number of nitro groups is 1. The Morgan fingerprint density at radius 2 is 2.00 bits per heavy atom. The summed E-state index contributed by atoms with van der Waals surface area (Å²) in [5, 5.41) is 12.1. The first-order chi connectivity index (χ1) is 13.5. The number of piperidine rings is 1. The Kier molecular flexibility index (Phi) is 5.15. The van der Waals surface area contributed by atoms with E-state index in [2.05, 4.69) is 4.98 Å². The second-order valence-electron chi connectivity index (χ2n) is 6.48. The van der Waals surface area contributed by atoms with Gasteiger partial charge in [-0.15, -0.1) is 0 Å². The van der Waals surface area contributed by atoms with E-state index in [1.54, 1.807) is 17.0 Å². The summed E-state index contributed by atoms with van der Waals surface area (Å²) in [6.45, 7) is 1.05. The van der Waals surface area contributed by atoms with Crippen LogP contribution in [0.15, 0.2) is 42.5 Å². The van der Waals surface area contributed by atoms with E-state index >= 15 is 0 Å². The highest BCUT2D eigenvalue weighted by Crippen LogP contribution is 2.33. The molecule has 0 N–H and O–H groups in total. The van der Waals surface area contributed by atoms with Crippen LogP contribution in [-0.4, -0.2) is 39.9 Å². The Balaban J connectivity index is 1.38. The molecule has 1 aliphatic heterocycles. The highest BCUT2D eigenvalue weighted by atomic mass is 35.5. The number of hydrogen-bond acceptors (Lipinski definition) is 6. The predicted molar refractivity (Wildman–Crippen MR) is 107 cm³/mol. The molecule has 1 fully saturated rings. The van der Waals surface area contributed by atoms with Crippen LogP contribution in [0.1, 0.15) is 23.2 Å². The third-order valence-corrected chi connectivity index (χ3v) is 5.87. The lowest BCUT2D eigenvalue weighted by molar-refractivity contribution is -0.384. The van der Waals surface area contributed by atoms with Gasteiger partial charge in [0.05, 0.1) is 14.6 Å². The maximum Gasteiger partial charge on any atom is 0.274 e. The lowest BCUT2D eigenvalue weighted by Gasteiger charge is -2.31. The van der Waals surface area contributed by atoms with Gasteiger partial charge in [-0.1, -0.05) is 35.1 Å². The first-order valence-corrected chi connectivity index (χ1v) is 9.96. The van der Waals surface area contributed by atoms with Crippen molar-refractivity contribution in [2.45, 2.75) is 18.9 Å². The largest absolute Gasteiger partial charge is 0.467 e. The Bertz CT molecular complexity index is 1050. The molecule has 0 unspecified atom stereocenters. The number of para-hydroxylation sites is 1. The van der Waals surface area contributed by atoms with Crippen molar-refractivity contribution in [1.82, 2.24) is 9.88 Å². The molecule has 1 saturated heterocycles. The summed E-state index contributed by atoms with van der Waals surface area (Å²) in [6.07, 6.45) is 1.31. The minimum absolute atomic E-state index is 0.0338. The van der Waals surface area contributed by atoms with Crippen molar-refractivity contribution in [2.75, 3.05) is 13.1 Å². The fraction of sp³-hybridized carbons (Fsp3) is 0.263. The third kappa shape index (κ3) is 3.79. The number of non-ortho nitro benzene ring substituents is 1. The zero-order valence-electron chi connectivity index (χ0n) is 14.7.